The lowest BCUT2D eigenvalue weighted by Gasteiger charge is -2.39. The highest BCUT2D eigenvalue weighted by molar-refractivity contribution is 5.97. The van der Waals surface area contributed by atoms with Crippen molar-refractivity contribution < 1.29 is 14.3 Å². The molecule has 10 heteroatoms. The number of pyridine rings is 1. The van der Waals surface area contributed by atoms with Gasteiger partial charge in [-0.3, -0.25) is 19.0 Å². The molecule has 1 aromatic carbocycles. The Morgan fingerprint density at radius 2 is 1.94 bits per heavy atom. The predicted molar refractivity (Wildman–Crippen MR) is 118 cm³/mol. The van der Waals surface area contributed by atoms with Gasteiger partial charge in [-0.05, 0) is 18.6 Å². The molecule has 0 N–H and O–H groups in total. The first-order valence-corrected chi connectivity index (χ1v) is 10.9. The summed E-state index contributed by atoms with van der Waals surface area (Å²) < 4.78 is 8.52. The standard InChI is InChI=1S/C23H24N6O4/c1-33-20-10-22(31)28(17-6-3-2-4-7-17)15-19(20)23(32)27-13-18(14-27)29-12-16(24-25-29)11-26-9-5-8-21(26)30/h2-4,6-7,10,12,15,18H,5,8-9,11,13-14H2,1H3. The molecule has 0 spiro atoms. The number of ether oxygens (including phenoxy) is 1. The van der Waals surface area contributed by atoms with Crippen molar-refractivity contribution in [1.29, 1.82) is 0 Å². The Hall–Kier alpha value is -3.95. The van der Waals surface area contributed by atoms with Crippen molar-refractivity contribution in [1.82, 2.24) is 29.4 Å². The van der Waals surface area contributed by atoms with Gasteiger partial charge in [-0.2, -0.15) is 0 Å². The molecular formula is C23H24N6O4. The van der Waals surface area contributed by atoms with E-state index in [1.807, 2.05) is 24.4 Å². The zero-order valence-corrected chi connectivity index (χ0v) is 18.3. The Kier molecular flexibility index (Phi) is 5.41. The van der Waals surface area contributed by atoms with E-state index in [0.29, 0.717) is 37.3 Å². The second kappa shape index (κ2) is 8.53. The number of hydrogen-bond donors (Lipinski definition) is 0. The minimum absolute atomic E-state index is 0.00972. The first kappa shape index (κ1) is 20.9. The molecule has 0 unspecified atom stereocenters. The highest BCUT2D eigenvalue weighted by atomic mass is 16.5. The fourth-order valence-electron chi connectivity index (χ4n) is 4.23. The van der Waals surface area contributed by atoms with Gasteiger partial charge in [0, 0.05) is 44.0 Å². The SMILES string of the molecule is COc1cc(=O)n(-c2ccccc2)cc1C(=O)N1CC(n2cc(CN3CCCC3=O)nn2)C1. The molecule has 2 amide bonds. The van der Waals surface area contributed by atoms with Gasteiger partial charge in [0.1, 0.15) is 11.4 Å². The van der Waals surface area contributed by atoms with Gasteiger partial charge in [0.25, 0.3) is 11.5 Å². The molecule has 2 fully saturated rings. The lowest BCUT2D eigenvalue weighted by Crippen LogP contribution is -2.51. The molecule has 5 rings (SSSR count). The smallest absolute Gasteiger partial charge is 0.259 e. The summed E-state index contributed by atoms with van der Waals surface area (Å²) in [5.74, 6) is 0.186. The van der Waals surface area contributed by atoms with Crippen LogP contribution in [0.15, 0.2) is 53.6 Å². The van der Waals surface area contributed by atoms with E-state index in [4.69, 9.17) is 4.74 Å². The molecule has 0 atom stereocenters. The van der Waals surface area contributed by atoms with Crippen molar-refractivity contribution in [2.45, 2.75) is 25.4 Å². The van der Waals surface area contributed by atoms with E-state index in [0.717, 1.165) is 18.7 Å². The molecular weight excluding hydrogens is 424 g/mol. The van der Waals surface area contributed by atoms with Crippen molar-refractivity contribution in [3.63, 3.8) is 0 Å². The second-order valence-electron chi connectivity index (χ2n) is 8.27. The number of benzene rings is 1. The molecule has 4 heterocycles. The van der Waals surface area contributed by atoms with Crippen LogP contribution in [0.5, 0.6) is 5.75 Å². The van der Waals surface area contributed by atoms with E-state index in [1.165, 1.54) is 23.9 Å². The number of aromatic nitrogens is 4. The monoisotopic (exact) mass is 448 g/mol. The number of carbonyl (C=O) groups excluding carboxylic acids is 2. The molecule has 0 saturated carbocycles. The van der Waals surface area contributed by atoms with Gasteiger partial charge in [0.05, 0.1) is 31.5 Å². The van der Waals surface area contributed by atoms with Crippen LogP contribution in [0.25, 0.3) is 5.69 Å². The lowest BCUT2D eigenvalue weighted by molar-refractivity contribution is -0.128. The maximum Gasteiger partial charge on any atom is 0.259 e. The zero-order valence-electron chi connectivity index (χ0n) is 18.3. The fourth-order valence-corrected chi connectivity index (χ4v) is 4.23. The number of amides is 2. The van der Waals surface area contributed by atoms with Crippen LogP contribution < -0.4 is 10.3 Å². The Bertz CT molecular complexity index is 1250. The van der Waals surface area contributed by atoms with Gasteiger partial charge in [0.2, 0.25) is 5.91 Å². The van der Waals surface area contributed by atoms with Gasteiger partial charge in [-0.1, -0.05) is 23.4 Å². The molecule has 0 radical (unpaired) electrons. The second-order valence-corrected chi connectivity index (χ2v) is 8.27. The van der Waals surface area contributed by atoms with E-state index >= 15 is 0 Å². The first-order chi connectivity index (χ1) is 16.0. The lowest BCUT2D eigenvalue weighted by atomic mass is 10.1. The normalized spacial score (nSPS) is 16.2. The average Bonchev–Trinajstić information content (AvgIpc) is 3.42. The van der Waals surface area contributed by atoms with Gasteiger partial charge in [-0.25, -0.2) is 4.68 Å². The van der Waals surface area contributed by atoms with Crippen LogP contribution in [0.2, 0.25) is 0 Å². The Balaban J connectivity index is 1.29. The van der Waals surface area contributed by atoms with Crippen molar-refractivity contribution in [3.8, 4) is 11.4 Å². The quantitative estimate of drug-likeness (QED) is 0.563. The molecule has 33 heavy (non-hydrogen) atoms. The molecule has 2 aliphatic heterocycles. The summed E-state index contributed by atoms with van der Waals surface area (Å²) in [5, 5.41) is 8.38. The molecule has 2 aromatic heterocycles. The Morgan fingerprint density at radius 1 is 1.15 bits per heavy atom. The number of carbonyl (C=O) groups is 2. The van der Waals surface area contributed by atoms with E-state index in [-0.39, 0.29) is 29.2 Å². The molecule has 10 nitrogen and oxygen atoms in total. The topological polar surface area (TPSA) is 103 Å². The van der Waals surface area contributed by atoms with Crippen molar-refractivity contribution >= 4 is 11.8 Å². The van der Waals surface area contributed by atoms with E-state index in [1.54, 1.807) is 26.6 Å². The van der Waals surface area contributed by atoms with Gasteiger partial charge in [0.15, 0.2) is 0 Å². The van der Waals surface area contributed by atoms with E-state index in [2.05, 4.69) is 10.3 Å². The number of nitrogens with zero attached hydrogens (tertiary/aromatic N) is 6. The fraction of sp³-hybridized carbons (Fsp3) is 0.348. The first-order valence-electron chi connectivity index (χ1n) is 10.9. The Labute approximate surface area is 190 Å². The highest BCUT2D eigenvalue weighted by Crippen LogP contribution is 2.26. The third-order valence-electron chi connectivity index (χ3n) is 6.11. The van der Waals surface area contributed by atoms with Crippen molar-refractivity contribution in [2.75, 3.05) is 26.7 Å². The van der Waals surface area contributed by atoms with Crippen LogP contribution in [0, 0.1) is 0 Å². The van der Waals surface area contributed by atoms with Crippen LogP contribution in [0.3, 0.4) is 0 Å². The number of hydrogen-bond acceptors (Lipinski definition) is 6. The summed E-state index contributed by atoms with van der Waals surface area (Å²) in [5.41, 5.74) is 1.47. The number of methoxy groups -OCH3 is 1. The molecule has 0 aliphatic carbocycles. The minimum atomic E-state index is -0.275. The molecule has 170 valence electrons. The summed E-state index contributed by atoms with van der Waals surface area (Å²) in [6, 6.07) is 10.5. The van der Waals surface area contributed by atoms with Crippen LogP contribution in [-0.4, -0.2) is 67.9 Å². The maximum absolute atomic E-state index is 13.2. The van der Waals surface area contributed by atoms with E-state index in [9.17, 15) is 14.4 Å². The van der Waals surface area contributed by atoms with Crippen molar-refractivity contribution in [2.24, 2.45) is 0 Å². The van der Waals surface area contributed by atoms with Crippen LogP contribution >= 0.6 is 0 Å². The summed E-state index contributed by atoms with van der Waals surface area (Å²) in [4.78, 5) is 41.0. The number of likely N-dealkylation sites (tertiary alicyclic amines) is 2. The summed E-state index contributed by atoms with van der Waals surface area (Å²) in [6.07, 6.45) is 4.85. The van der Waals surface area contributed by atoms with Gasteiger partial charge in [-0.15, -0.1) is 5.10 Å². The zero-order chi connectivity index (χ0) is 22.9. The van der Waals surface area contributed by atoms with Crippen molar-refractivity contribution in [3.05, 3.63) is 70.4 Å². The summed E-state index contributed by atoms with van der Waals surface area (Å²) >= 11 is 0. The van der Waals surface area contributed by atoms with Crippen LogP contribution in [0.4, 0.5) is 0 Å². The highest BCUT2D eigenvalue weighted by Gasteiger charge is 2.35. The third-order valence-corrected chi connectivity index (χ3v) is 6.11. The van der Waals surface area contributed by atoms with Crippen LogP contribution in [0.1, 0.15) is 34.9 Å². The average molecular weight is 448 g/mol. The van der Waals surface area contributed by atoms with Gasteiger partial charge >= 0.3 is 0 Å². The molecule has 2 saturated heterocycles. The third kappa shape index (κ3) is 3.99. The minimum Gasteiger partial charge on any atom is -0.496 e. The molecule has 3 aromatic rings. The Morgan fingerprint density at radius 3 is 2.64 bits per heavy atom. The largest absolute Gasteiger partial charge is 0.496 e. The summed E-state index contributed by atoms with van der Waals surface area (Å²) in [7, 11) is 1.44. The van der Waals surface area contributed by atoms with E-state index < -0.39 is 0 Å². The predicted octanol–water partition coefficient (Wildman–Crippen LogP) is 1.26. The number of rotatable bonds is 6. The number of para-hydroxylation sites is 1. The molecule has 0 bridgehead atoms. The summed E-state index contributed by atoms with van der Waals surface area (Å²) in [6.45, 7) is 2.16. The van der Waals surface area contributed by atoms with Gasteiger partial charge < -0.3 is 14.5 Å². The molecule has 2 aliphatic rings. The van der Waals surface area contributed by atoms with Crippen LogP contribution in [-0.2, 0) is 11.3 Å². The maximum atomic E-state index is 13.2.